The van der Waals surface area contributed by atoms with E-state index in [9.17, 15) is 14.4 Å². The molecule has 0 unspecified atom stereocenters. The molecule has 1 N–H and O–H groups in total. The third-order valence-electron chi connectivity index (χ3n) is 4.49. The molecule has 1 heterocycles. The van der Waals surface area contributed by atoms with Gasteiger partial charge in [0.2, 0.25) is 5.91 Å². The number of pyridine rings is 1. The van der Waals surface area contributed by atoms with Crippen molar-refractivity contribution in [2.24, 2.45) is 13.0 Å². The molecule has 0 aliphatic heterocycles. The average molecular weight is 319 g/mol. The zero-order chi connectivity index (χ0) is 17.0. The average Bonchev–Trinajstić information content (AvgIpc) is 2.50. The Morgan fingerprint density at radius 3 is 2.61 bits per heavy atom. The molecule has 0 radical (unpaired) electrons. The van der Waals surface area contributed by atoms with E-state index in [1.54, 1.807) is 31.3 Å². The van der Waals surface area contributed by atoms with E-state index in [4.69, 9.17) is 0 Å². The first-order valence-corrected chi connectivity index (χ1v) is 8.15. The van der Waals surface area contributed by atoms with Crippen molar-refractivity contribution in [1.29, 1.82) is 0 Å². The third kappa shape index (κ3) is 4.00. The van der Waals surface area contributed by atoms with Crippen LogP contribution in [0, 0.1) is 5.92 Å². The summed E-state index contributed by atoms with van der Waals surface area (Å²) >= 11 is 0. The summed E-state index contributed by atoms with van der Waals surface area (Å²) in [5.41, 5.74) is 0.995. The molecule has 0 saturated heterocycles. The first-order valence-electron chi connectivity index (χ1n) is 8.15. The van der Waals surface area contributed by atoms with Gasteiger partial charge < -0.3 is 14.8 Å². The maximum absolute atomic E-state index is 12.8. The number of carbonyl (C=O) groups is 2. The molecule has 6 nitrogen and oxygen atoms in total. The molecular weight excluding hydrogens is 294 g/mol. The molecule has 6 heteroatoms. The van der Waals surface area contributed by atoms with Gasteiger partial charge in [0, 0.05) is 32.4 Å². The molecule has 0 aromatic carbocycles. The fraction of sp³-hybridized carbons (Fsp3) is 0.588. The Hall–Kier alpha value is -2.11. The van der Waals surface area contributed by atoms with E-state index in [0.717, 1.165) is 12.8 Å². The highest BCUT2D eigenvalue weighted by molar-refractivity contribution is 5.96. The zero-order valence-corrected chi connectivity index (χ0v) is 14.1. The monoisotopic (exact) mass is 319 g/mol. The van der Waals surface area contributed by atoms with Crippen LogP contribution in [-0.2, 0) is 18.3 Å². The Bertz CT molecular complexity index is 647. The smallest absolute Gasteiger partial charge is 0.255 e. The number of rotatable bonds is 6. The Kier molecular flexibility index (Phi) is 5.58. The predicted octanol–water partition coefficient (Wildman–Crippen LogP) is 0.936. The minimum atomic E-state index is -0.189. The van der Waals surface area contributed by atoms with Gasteiger partial charge in [-0.3, -0.25) is 14.4 Å². The highest BCUT2D eigenvalue weighted by Crippen LogP contribution is 2.27. The molecule has 1 fully saturated rings. The fourth-order valence-corrected chi connectivity index (χ4v) is 2.79. The molecule has 1 aliphatic rings. The minimum Gasteiger partial charge on any atom is -0.358 e. The molecule has 2 amide bonds. The second-order valence-electron chi connectivity index (χ2n) is 6.18. The summed E-state index contributed by atoms with van der Waals surface area (Å²) in [6.45, 7) is 2.54. The number of amides is 2. The van der Waals surface area contributed by atoms with Gasteiger partial charge in [-0.15, -0.1) is 0 Å². The molecule has 23 heavy (non-hydrogen) atoms. The van der Waals surface area contributed by atoms with Gasteiger partial charge in [-0.25, -0.2) is 0 Å². The van der Waals surface area contributed by atoms with Crippen molar-refractivity contribution in [3.8, 4) is 0 Å². The van der Waals surface area contributed by atoms with Crippen LogP contribution in [0.4, 0.5) is 0 Å². The Morgan fingerprint density at radius 2 is 2.09 bits per heavy atom. The van der Waals surface area contributed by atoms with Crippen LogP contribution in [0.15, 0.2) is 17.1 Å². The van der Waals surface area contributed by atoms with Crippen LogP contribution >= 0.6 is 0 Å². The fourth-order valence-electron chi connectivity index (χ4n) is 2.79. The van der Waals surface area contributed by atoms with Crippen LogP contribution in [0.25, 0.3) is 0 Å². The topological polar surface area (TPSA) is 71.4 Å². The van der Waals surface area contributed by atoms with Gasteiger partial charge in [0.1, 0.15) is 0 Å². The summed E-state index contributed by atoms with van der Waals surface area (Å²) in [6.07, 6.45) is 5.52. The van der Waals surface area contributed by atoms with Gasteiger partial charge >= 0.3 is 0 Å². The normalized spacial score (nSPS) is 14.2. The summed E-state index contributed by atoms with van der Waals surface area (Å²) in [6, 6.07) is 1.66. The Balaban J connectivity index is 2.26. The second-order valence-corrected chi connectivity index (χ2v) is 6.18. The third-order valence-corrected chi connectivity index (χ3v) is 4.49. The number of aryl methyl sites for hydroxylation is 2. The maximum atomic E-state index is 12.8. The molecule has 2 rings (SSSR count). The van der Waals surface area contributed by atoms with Crippen LogP contribution in [0.3, 0.4) is 0 Å². The second kappa shape index (κ2) is 7.44. The van der Waals surface area contributed by atoms with Crippen LogP contribution in [0.2, 0.25) is 0 Å². The van der Waals surface area contributed by atoms with Gasteiger partial charge in [-0.05, 0) is 31.2 Å². The molecule has 1 aromatic heterocycles. The Labute approximate surface area is 136 Å². The van der Waals surface area contributed by atoms with Crippen LogP contribution in [0.5, 0.6) is 0 Å². The highest BCUT2D eigenvalue weighted by atomic mass is 16.2. The Morgan fingerprint density at radius 1 is 1.39 bits per heavy atom. The van der Waals surface area contributed by atoms with Crippen LogP contribution < -0.4 is 10.9 Å². The highest BCUT2D eigenvalue weighted by Gasteiger charge is 2.26. The lowest BCUT2D eigenvalue weighted by molar-refractivity contribution is -0.121. The number of hydrogen-bond donors (Lipinski definition) is 1. The number of nitrogens with zero attached hydrogens (tertiary/aromatic N) is 2. The summed E-state index contributed by atoms with van der Waals surface area (Å²) in [5.74, 6) is 0.103. The summed E-state index contributed by atoms with van der Waals surface area (Å²) in [7, 11) is 3.21. The molecule has 1 saturated carbocycles. The summed E-state index contributed by atoms with van der Waals surface area (Å²) < 4.78 is 1.44. The van der Waals surface area contributed by atoms with Crippen molar-refractivity contribution in [3.05, 3.63) is 33.7 Å². The molecular formula is C17H25N3O3. The van der Waals surface area contributed by atoms with E-state index >= 15 is 0 Å². The molecule has 0 atom stereocenters. The zero-order valence-electron chi connectivity index (χ0n) is 14.1. The van der Waals surface area contributed by atoms with Crippen LogP contribution in [-0.4, -0.2) is 41.4 Å². The number of nitrogens with one attached hydrogen (secondary N) is 1. The minimum absolute atomic E-state index is 0.0517. The molecule has 1 aromatic rings. The van der Waals surface area contributed by atoms with E-state index in [1.807, 2.05) is 6.92 Å². The SMILES string of the molecule is CCc1cc(C(=O)N(CC(=O)NC)CC2CCC2)cn(C)c1=O. The lowest BCUT2D eigenvalue weighted by Crippen LogP contribution is -2.43. The van der Waals surface area contributed by atoms with Crippen molar-refractivity contribution >= 4 is 11.8 Å². The van der Waals surface area contributed by atoms with Crippen molar-refractivity contribution in [2.45, 2.75) is 32.6 Å². The van der Waals surface area contributed by atoms with Gasteiger partial charge in [-0.1, -0.05) is 13.3 Å². The molecule has 0 bridgehead atoms. The lowest BCUT2D eigenvalue weighted by atomic mass is 9.85. The number of carbonyl (C=O) groups excluding carboxylic acids is 2. The van der Waals surface area contributed by atoms with E-state index in [0.29, 0.717) is 30.0 Å². The number of likely N-dealkylation sites (N-methyl/N-ethyl adjacent to an activating group) is 1. The van der Waals surface area contributed by atoms with E-state index < -0.39 is 0 Å². The van der Waals surface area contributed by atoms with Crippen LogP contribution in [0.1, 0.15) is 42.1 Å². The quantitative estimate of drug-likeness (QED) is 0.848. The molecule has 1 aliphatic carbocycles. The lowest BCUT2D eigenvalue weighted by Gasteiger charge is -2.32. The predicted molar refractivity (Wildman–Crippen MR) is 88.4 cm³/mol. The summed E-state index contributed by atoms with van der Waals surface area (Å²) in [5, 5.41) is 2.57. The van der Waals surface area contributed by atoms with Gasteiger partial charge in [-0.2, -0.15) is 0 Å². The van der Waals surface area contributed by atoms with Crippen molar-refractivity contribution in [1.82, 2.24) is 14.8 Å². The van der Waals surface area contributed by atoms with E-state index in [1.165, 1.54) is 11.0 Å². The standard InChI is InChI=1S/C17H25N3O3/c1-4-13-8-14(10-19(3)16(13)22)17(23)20(11-15(21)18-2)9-12-6-5-7-12/h8,10,12H,4-7,9,11H2,1-3H3,(H,18,21). The van der Waals surface area contributed by atoms with E-state index in [2.05, 4.69) is 5.32 Å². The first-order chi connectivity index (χ1) is 11.0. The van der Waals surface area contributed by atoms with Gasteiger partial charge in [0.15, 0.2) is 0 Å². The molecule has 126 valence electrons. The number of aromatic nitrogens is 1. The number of hydrogen-bond acceptors (Lipinski definition) is 3. The van der Waals surface area contributed by atoms with Gasteiger partial charge in [0.25, 0.3) is 11.5 Å². The largest absolute Gasteiger partial charge is 0.358 e. The van der Waals surface area contributed by atoms with Crippen molar-refractivity contribution in [3.63, 3.8) is 0 Å². The maximum Gasteiger partial charge on any atom is 0.255 e. The van der Waals surface area contributed by atoms with Crippen molar-refractivity contribution in [2.75, 3.05) is 20.1 Å². The van der Waals surface area contributed by atoms with E-state index in [-0.39, 0.29) is 23.9 Å². The first kappa shape index (κ1) is 17.2. The van der Waals surface area contributed by atoms with Crippen molar-refractivity contribution < 1.29 is 9.59 Å². The summed E-state index contributed by atoms with van der Waals surface area (Å²) in [4.78, 5) is 38.1. The molecule has 0 spiro atoms. The van der Waals surface area contributed by atoms with Gasteiger partial charge in [0.05, 0.1) is 12.1 Å².